The van der Waals surface area contributed by atoms with E-state index < -0.39 is 0 Å². The fourth-order valence-electron chi connectivity index (χ4n) is 3.07. The van der Waals surface area contributed by atoms with Gasteiger partial charge in [0.05, 0.1) is 0 Å². The molecule has 1 aliphatic heterocycles. The van der Waals surface area contributed by atoms with Crippen molar-refractivity contribution in [1.82, 2.24) is 10.2 Å². The van der Waals surface area contributed by atoms with Gasteiger partial charge in [-0.15, -0.1) is 0 Å². The van der Waals surface area contributed by atoms with Crippen LogP contribution in [0.5, 0.6) is 0 Å². The van der Waals surface area contributed by atoms with Crippen LogP contribution in [0.4, 0.5) is 0 Å². The van der Waals surface area contributed by atoms with Crippen LogP contribution < -0.4 is 11.1 Å². The predicted octanol–water partition coefficient (Wildman–Crippen LogP) is 4.24. The maximum absolute atomic E-state index is 6.21. The van der Waals surface area contributed by atoms with Crippen molar-refractivity contribution in [2.75, 3.05) is 13.1 Å². The number of rotatable bonds is 12. The van der Waals surface area contributed by atoms with Crippen molar-refractivity contribution in [1.29, 1.82) is 0 Å². The fourth-order valence-corrected chi connectivity index (χ4v) is 3.07. The van der Waals surface area contributed by atoms with E-state index in [4.69, 9.17) is 5.73 Å². The Bertz CT molecular complexity index is 401. The van der Waals surface area contributed by atoms with E-state index in [-0.39, 0.29) is 5.66 Å². The highest BCUT2D eigenvalue weighted by atomic mass is 15.4. The van der Waals surface area contributed by atoms with Crippen molar-refractivity contribution in [2.45, 2.75) is 97.6 Å². The highest BCUT2D eigenvalue weighted by Crippen LogP contribution is 2.17. The molecule has 0 amide bonds. The third kappa shape index (κ3) is 7.54. The van der Waals surface area contributed by atoms with Crippen molar-refractivity contribution in [3.63, 3.8) is 0 Å². The Morgan fingerprint density at radius 2 is 1.54 bits per heavy atom. The number of nitrogens with two attached hydrogens (primary N) is 1. The third-order valence-electron chi connectivity index (χ3n) is 4.60. The van der Waals surface area contributed by atoms with Crippen LogP contribution in [0.3, 0.4) is 0 Å². The highest BCUT2D eigenvalue weighted by molar-refractivity contribution is 5.97. The molecular formula is C19H39N5. The SMILES string of the molecule is CCCCCCCN=C1N=C(N)N(CCCCCCC)C(C)(C)N1. The molecule has 0 aromatic carbocycles. The fraction of sp³-hybridized carbons (Fsp3) is 0.895. The normalized spacial score (nSPS) is 18.6. The summed E-state index contributed by atoms with van der Waals surface area (Å²) in [5.41, 5.74) is 5.99. The molecule has 0 aliphatic carbocycles. The molecule has 0 bridgehead atoms. The van der Waals surface area contributed by atoms with Crippen LogP contribution >= 0.6 is 0 Å². The molecule has 0 aromatic rings. The number of nitrogens with zero attached hydrogens (tertiary/aromatic N) is 3. The Morgan fingerprint density at radius 1 is 0.958 bits per heavy atom. The lowest BCUT2D eigenvalue weighted by Gasteiger charge is -2.43. The molecule has 140 valence electrons. The van der Waals surface area contributed by atoms with Crippen LogP contribution in [0, 0.1) is 0 Å². The Labute approximate surface area is 149 Å². The molecule has 0 radical (unpaired) electrons. The lowest BCUT2D eigenvalue weighted by Crippen LogP contribution is -2.64. The van der Waals surface area contributed by atoms with Gasteiger partial charge in [0.2, 0.25) is 11.9 Å². The van der Waals surface area contributed by atoms with E-state index in [2.05, 4.69) is 47.9 Å². The molecule has 0 aromatic heterocycles. The zero-order chi connectivity index (χ0) is 17.8. The number of guanidine groups is 2. The molecule has 0 fully saturated rings. The molecule has 24 heavy (non-hydrogen) atoms. The van der Waals surface area contributed by atoms with Crippen LogP contribution in [0.25, 0.3) is 0 Å². The third-order valence-corrected chi connectivity index (χ3v) is 4.60. The molecule has 5 heteroatoms. The largest absolute Gasteiger partial charge is 0.369 e. The average Bonchev–Trinajstić information content (AvgIpc) is 2.52. The van der Waals surface area contributed by atoms with Gasteiger partial charge in [0.1, 0.15) is 5.66 Å². The van der Waals surface area contributed by atoms with Gasteiger partial charge in [-0.2, -0.15) is 4.99 Å². The van der Waals surface area contributed by atoms with Crippen LogP contribution in [0.2, 0.25) is 0 Å². The van der Waals surface area contributed by atoms with Crippen molar-refractivity contribution in [2.24, 2.45) is 15.7 Å². The molecule has 5 nitrogen and oxygen atoms in total. The Hall–Kier alpha value is -1.26. The van der Waals surface area contributed by atoms with Gasteiger partial charge in [0, 0.05) is 13.1 Å². The zero-order valence-corrected chi connectivity index (χ0v) is 16.4. The maximum atomic E-state index is 6.21. The molecule has 1 heterocycles. The second-order valence-corrected chi connectivity index (χ2v) is 7.34. The van der Waals surface area contributed by atoms with E-state index in [1.54, 1.807) is 0 Å². The smallest absolute Gasteiger partial charge is 0.223 e. The molecule has 0 unspecified atom stereocenters. The van der Waals surface area contributed by atoms with Gasteiger partial charge in [-0.1, -0.05) is 65.2 Å². The van der Waals surface area contributed by atoms with Gasteiger partial charge in [-0.3, -0.25) is 4.99 Å². The van der Waals surface area contributed by atoms with E-state index in [1.807, 2.05) is 0 Å². The van der Waals surface area contributed by atoms with E-state index in [9.17, 15) is 0 Å². The van der Waals surface area contributed by atoms with Gasteiger partial charge in [0.15, 0.2) is 0 Å². The summed E-state index contributed by atoms with van der Waals surface area (Å²) in [5.74, 6) is 1.29. The first-order valence-electron chi connectivity index (χ1n) is 9.95. The molecule has 1 rings (SSSR count). The summed E-state index contributed by atoms with van der Waals surface area (Å²) in [4.78, 5) is 11.2. The topological polar surface area (TPSA) is 66.0 Å². The molecule has 3 N–H and O–H groups in total. The highest BCUT2D eigenvalue weighted by Gasteiger charge is 2.32. The quantitative estimate of drug-likeness (QED) is 0.523. The summed E-state index contributed by atoms with van der Waals surface area (Å²) >= 11 is 0. The minimum atomic E-state index is -0.225. The number of unbranched alkanes of at least 4 members (excludes halogenated alkanes) is 8. The minimum absolute atomic E-state index is 0.225. The molecule has 1 aliphatic rings. The standard InChI is InChI=1S/C19H39N5/c1-5-7-9-11-13-15-21-18-22-17(20)24(19(3,4)23-18)16-14-12-10-8-6-2/h5-16H2,1-4H3,(H3,20,21,22,23). The van der Waals surface area contributed by atoms with E-state index in [1.165, 1.54) is 51.4 Å². The number of nitrogens with one attached hydrogen (secondary N) is 1. The van der Waals surface area contributed by atoms with Gasteiger partial charge >= 0.3 is 0 Å². The first-order valence-corrected chi connectivity index (χ1v) is 9.95. The summed E-state index contributed by atoms with van der Waals surface area (Å²) in [6, 6.07) is 0. The van der Waals surface area contributed by atoms with Crippen LogP contribution in [-0.2, 0) is 0 Å². The summed E-state index contributed by atoms with van der Waals surface area (Å²) < 4.78 is 0. The minimum Gasteiger partial charge on any atom is -0.369 e. The van der Waals surface area contributed by atoms with Crippen molar-refractivity contribution in [3.05, 3.63) is 0 Å². The summed E-state index contributed by atoms with van der Waals surface area (Å²) in [6.07, 6.45) is 12.6. The summed E-state index contributed by atoms with van der Waals surface area (Å²) in [6.45, 7) is 10.6. The predicted molar refractivity (Wildman–Crippen MR) is 105 cm³/mol. The van der Waals surface area contributed by atoms with Crippen LogP contribution in [0.15, 0.2) is 9.98 Å². The van der Waals surface area contributed by atoms with Crippen LogP contribution in [-0.4, -0.2) is 35.6 Å². The second kappa shape index (κ2) is 11.3. The van der Waals surface area contributed by atoms with E-state index in [0.29, 0.717) is 11.9 Å². The molecular weight excluding hydrogens is 298 g/mol. The Kier molecular flexibility index (Phi) is 9.80. The van der Waals surface area contributed by atoms with Crippen molar-refractivity contribution >= 4 is 11.9 Å². The average molecular weight is 338 g/mol. The first kappa shape index (κ1) is 20.8. The van der Waals surface area contributed by atoms with Gasteiger partial charge < -0.3 is 16.0 Å². The maximum Gasteiger partial charge on any atom is 0.223 e. The number of hydrogen-bond acceptors (Lipinski definition) is 3. The second-order valence-electron chi connectivity index (χ2n) is 7.34. The summed E-state index contributed by atoms with van der Waals surface area (Å²) in [7, 11) is 0. The number of aliphatic imine (C=N–C) groups is 2. The molecule has 0 spiro atoms. The lowest BCUT2D eigenvalue weighted by molar-refractivity contribution is 0.182. The van der Waals surface area contributed by atoms with Gasteiger partial charge in [-0.25, -0.2) is 0 Å². The van der Waals surface area contributed by atoms with Crippen LogP contribution in [0.1, 0.15) is 91.9 Å². The Morgan fingerprint density at radius 3 is 2.12 bits per heavy atom. The first-order chi connectivity index (χ1) is 11.5. The summed E-state index contributed by atoms with van der Waals surface area (Å²) in [5, 5.41) is 3.44. The van der Waals surface area contributed by atoms with Gasteiger partial charge in [-0.05, 0) is 26.7 Å². The zero-order valence-electron chi connectivity index (χ0n) is 16.4. The van der Waals surface area contributed by atoms with Crippen molar-refractivity contribution in [3.8, 4) is 0 Å². The monoisotopic (exact) mass is 337 g/mol. The van der Waals surface area contributed by atoms with E-state index >= 15 is 0 Å². The molecule has 0 saturated carbocycles. The van der Waals surface area contributed by atoms with Crippen molar-refractivity contribution < 1.29 is 0 Å². The molecule has 0 saturated heterocycles. The van der Waals surface area contributed by atoms with E-state index in [0.717, 1.165) is 25.9 Å². The number of hydrogen-bond donors (Lipinski definition) is 2. The Balaban J connectivity index is 2.45. The lowest BCUT2D eigenvalue weighted by atomic mass is 10.1. The molecule has 0 atom stereocenters. The van der Waals surface area contributed by atoms with Gasteiger partial charge in [0.25, 0.3) is 0 Å².